The number of hydrogen-bond donors (Lipinski definition) is 2. The molecule has 0 atom stereocenters. The topological polar surface area (TPSA) is 90.7 Å². The maximum Gasteiger partial charge on any atom is 0.280 e. The average Bonchev–Trinajstić information content (AvgIpc) is 2.54. The van der Waals surface area contributed by atoms with Crippen LogP contribution in [0.4, 0.5) is 0 Å². The molecule has 110 valence electrons. The summed E-state index contributed by atoms with van der Waals surface area (Å²) in [6, 6.07) is 15.1. The molecule has 0 bridgehead atoms. The van der Waals surface area contributed by atoms with Gasteiger partial charge in [-0.3, -0.25) is 4.79 Å². The maximum atomic E-state index is 12.0. The van der Waals surface area contributed by atoms with Crippen molar-refractivity contribution in [3.63, 3.8) is 0 Å². The van der Waals surface area contributed by atoms with Crippen LogP contribution < -0.4 is 16.2 Å². The zero-order chi connectivity index (χ0) is 15.5. The van der Waals surface area contributed by atoms with E-state index in [0.29, 0.717) is 12.2 Å². The summed E-state index contributed by atoms with van der Waals surface area (Å²) in [5.74, 6) is 0.0150. The Balaban J connectivity index is 2.06. The van der Waals surface area contributed by atoms with Gasteiger partial charge in [0, 0.05) is 11.1 Å². The predicted octanol–water partition coefficient (Wildman–Crippen LogP) is 1.92. The number of ether oxygens (including phenoxy) is 1. The molecule has 1 aliphatic rings. The van der Waals surface area contributed by atoms with Gasteiger partial charge in [0.15, 0.2) is 5.96 Å². The summed E-state index contributed by atoms with van der Waals surface area (Å²) in [7, 11) is 0. The van der Waals surface area contributed by atoms with E-state index in [0.717, 1.165) is 22.4 Å². The van der Waals surface area contributed by atoms with E-state index in [1.54, 1.807) is 18.2 Å². The molecule has 0 aliphatic carbocycles. The number of hydrogen-bond acceptors (Lipinski definition) is 2. The number of carbonyl (C=O) groups excluding carboxylic acids is 1. The highest BCUT2D eigenvalue weighted by molar-refractivity contribution is 6.03. The van der Waals surface area contributed by atoms with E-state index in [9.17, 15) is 4.79 Å². The second kappa shape index (κ2) is 5.73. The maximum absolute atomic E-state index is 12.0. The number of guanidine groups is 1. The van der Waals surface area contributed by atoms with Crippen molar-refractivity contribution in [2.45, 2.75) is 0 Å². The zero-order valence-corrected chi connectivity index (χ0v) is 11.8. The summed E-state index contributed by atoms with van der Waals surface area (Å²) >= 11 is 0. The smallest absolute Gasteiger partial charge is 0.280 e. The van der Waals surface area contributed by atoms with Crippen LogP contribution in [0.2, 0.25) is 0 Å². The summed E-state index contributed by atoms with van der Waals surface area (Å²) < 4.78 is 5.62. The number of aliphatic imine (C=N–C) groups is 1. The molecule has 2 aromatic rings. The van der Waals surface area contributed by atoms with Gasteiger partial charge in [0.1, 0.15) is 12.4 Å². The fourth-order valence-electron chi connectivity index (χ4n) is 2.40. The van der Waals surface area contributed by atoms with Crippen LogP contribution in [0.1, 0.15) is 21.5 Å². The molecule has 0 saturated carbocycles. The Morgan fingerprint density at radius 2 is 1.86 bits per heavy atom. The normalized spacial score (nSPS) is 12.6. The lowest BCUT2D eigenvalue weighted by molar-refractivity contribution is 0.100. The third kappa shape index (κ3) is 2.69. The van der Waals surface area contributed by atoms with E-state index in [2.05, 4.69) is 4.99 Å². The molecule has 0 aromatic heterocycles. The second-order valence-corrected chi connectivity index (χ2v) is 4.85. The van der Waals surface area contributed by atoms with Gasteiger partial charge in [0.25, 0.3) is 5.91 Å². The van der Waals surface area contributed by atoms with Gasteiger partial charge in [-0.25, -0.2) is 0 Å². The second-order valence-electron chi connectivity index (χ2n) is 4.85. The zero-order valence-electron chi connectivity index (χ0n) is 11.8. The van der Waals surface area contributed by atoms with Crippen LogP contribution in [-0.2, 0) is 0 Å². The highest BCUT2D eigenvalue weighted by atomic mass is 16.5. The predicted molar refractivity (Wildman–Crippen MR) is 85.6 cm³/mol. The van der Waals surface area contributed by atoms with Gasteiger partial charge in [0.05, 0.1) is 0 Å². The van der Waals surface area contributed by atoms with Crippen LogP contribution in [0, 0.1) is 0 Å². The first-order valence-corrected chi connectivity index (χ1v) is 6.82. The molecule has 0 unspecified atom stereocenters. The van der Waals surface area contributed by atoms with Crippen molar-refractivity contribution in [1.29, 1.82) is 0 Å². The first-order valence-electron chi connectivity index (χ1n) is 6.82. The van der Waals surface area contributed by atoms with Crippen LogP contribution >= 0.6 is 0 Å². The minimum atomic E-state index is -0.471. The first-order chi connectivity index (χ1) is 10.6. The Labute approximate surface area is 127 Å². The number of carbonyl (C=O) groups is 1. The monoisotopic (exact) mass is 293 g/mol. The quantitative estimate of drug-likeness (QED) is 0.654. The Bertz CT molecular complexity index is 776. The van der Waals surface area contributed by atoms with Crippen LogP contribution in [0.25, 0.3) is 5.57 Å². The largest absolute Gasteiger partial charge is 0.489 e. The number of amides is 1. The molecule has 1 aliphatic heterocycles. The summed E-state index contributed by atoms with van der Waals surface area (Å²) in [6.45, 7) is 0.498. The van der Waals surface area contributed by atoms with Crippen molar-refractivity contribution in [1.82, 2.24) is 0 Å². The SMILES string of the molecule is NC(N)=NC(=O)c1ccc2c(c1)C(c1ccccc1)=CCO2. The molecular weight excluding hydrogens is 278 g/mol. The first kappa shape index (κ1) is 13.9. The van der Waals surface area contributed by atoms with E-state index in [4.69, 9.17) is 16.2 Å². The number of nitrogens with zero attached hydrogens (tertiary/aromatic N) is 1. The Hall–Kier alpha value is -3.08. The van der Waals surface area contributed by atoms with E-state index in [-0.39, 0.29) is 5.96 Å². The van der Waals surface area contributed by atoms with Gasteiger partial charge >= 0.3 is 0 Å². The van der Waals surface area contributed by atoms with Gasteiger partial charge in [-0.05, 0) is 35.4 Å². The van der Waals surface area contributed by atoms with Crippen LogP contribution in [0.5, 0.6) is 5.75 Å². The highest BCUT2D eigenvalue weighted by Crippen LogP contribution is 2.34. The van der Waals surface area contributed by atoms with Crippen molar-refractivity contribution in [3.8, 4) is 5.75 Å². The van der Waals surface area contributed by atoms with E-state index in [1.165, 1.54) is 0 Å². The standard InChI is InChI=1S/C17H15N3O2/c18-17(19)20-16(21)12-6-7-15-14(10-12)13(8-9-22-15)11-4-2-1-3-5-11/h1-8,10H,9H2,(H4,18,19,20,21). The number of rotatable bonds is 2. The van der Waals surface area contributed by atoms with E-state index in [1.807, 2.05) is 36.4 Å². The molecule has 1 amide bonds. The van der Waals surface area contributed by atoms with E-state index >= 15 is 0 Å². The Morgan fingerprint density at radius 3 is 2.59 bits per heavy atom. The van der Waals surface area contributed by atoms with Crippen molar-refractivity contribution in [2.24, 2.45) is 16.5 Å². The van der Waals surface area contributed by atoms with Crippen molar-refractivity contribution in [3.05, 3.63) is 71.3 Å². The molecule has 5 nitrogen and oxygen atoms in total. The molecule has 0 fully saturated rings. The van der Waals surface area contributed by atoms with Crippen LogP contribution in [0.3, 0.4) is 0 Å². The van der Waals surface area contributed by atoms with Gasteiger partial charge in [-0.1, -0.05) is 30.3 Å². The Morgan fingerprint density at radius 1 is 1.09 bits per heavy atom. The summed E-state index contributed by atoms with van der Waals surface area (Å²) in [6.07, 6.45) is 1.99. The summed E-state index contributed by atoms with van der Waals surface area (Å²) in [5.41, 5.74) is 13.9. The minimum absolute atomic E-state index is 0.252. The molecule has 0 radical (unpaired) electrons. The molecule has 5 heteroatoms. The summed E-state index contributed by atoms with van der Waals surface area (Å²) in [5, 5.41) is 0. The minimum Gasteiger partial charge on any atom is -0.489 e. The molecule has 2 aromatic carbocycles. The lowest BCUT2D eigenvalue weighted by Crippen LogP contribution is -2.24. The third-order valence-electron chi connectivity index (χ3n) is 3.36. The lowest BCUT2D eigenvalue weighted by Gasteiger charge is -2.19. The molecule has 0 saturated heterocycles. The number of benzene rings is 2. The fraction of sp³-hybridized carbons (Fsp3) is 0.0588. The fourth-order valence-corrected chi connectivity index (χ4v) is 2.40. The van der Waals surface area contributed by atoms with Gasteiger partial charge in [0.2, 0.25) is 0 Å². The van der Waals surface area contributed by atoms with Crippen LogP contribution in [0.15, 0.2) is 59.6 Å². The van der Waals surface area contributed by atoms with Gasteiger partial charge in [-0.2, -0.15) is 4.99 Å². The lowest BCUT2D eigenvalue weighted by atomic mass is 9.94. The molecule has 3 rings (SSSR count). The highest BCUT2D eigenvalue weighted by Gasteiger charge is 2.17. The molecule has 22 heavy (non-hydrogen) atoms. The third-order valence-corrected chi connectivity index (χ3v) is 3.36. The Kier molecular flexibility index (Phi) is 3.62. The number of nitrogens with two attached hydrogens (primary N) is 2. The average molecular weight is 293 g/mol. The molecule has 1 heterocycles. The van der Waals surface area contributed by atoms with Crippen LogP contribution in [-0.4, -0.2) is 18.5 Å². The van der Waals surface area contributed by atoms with Gasteiger partial charge < -0.3 is 16.2 Å². The molecule has 0 spiro atoms. The van der Waals surface area contributed by atoms with Crippen molar-refractivity contribution >= 4 is 17.4 Å². The van der Waals surface area contributed by atoms with Crippen molar-refractivity contribution < 1.29 is 9.53 Å². The van der Waals surface area contributed by atoms with Gasteiger partial charge in [-0.15, -0.1) is 0 Å². The molecular formula is C17H15N3O2. The number of fused-ring (bicyclic) bond motifs is 1. The summed E-state index contributed by atoms with van der Waals surface area (Å²) in [4.78, 5) is 15.5. The van der Waals surface area contributed by atoms with E-state index < -0.39 is 5.91 Å². The van der Waals surface area contributed by atoms with Crippen molar-refractivity contribution in [2.75, 3.05) is 6.61 Å². The molecule has 4 N–H and O–H groups in total.